The van der Waals surface area contributed by atoms with Gasteiger partial charge in [-0.15, -0.1) is 0 Å². The summed E-state index contributed by atoms with van der Waals surface area (Å²) in [6, 6.07) is 4.64. The highest BCUT2D eigenvalue weighted by Gasteiger charge is 2.67. The number of imide groups is 1. The van der Waals surface area contributed by atoms with Gasteiger partial charge >= 0.3 is 0 Å². The molecule has 5 aliphatic rings. The second kappa shape index (κ2) is 4.71. The molecule has 6 heteroatoms. The second-order valence-electron chi connectivity index (χ2n) is 7.63. The molecule has 25 heavy (non-hydrogen) atoms. The molecule has 6 atom stereocenters. The van der Waals surface area contributed by atoms with E-state index < -0.39 is 5.91 Å². The summed E-state index contributed by atoms with van der Waals surface area (Å²) in [5.74, 6) is -0.893. The molecule has 6 nitrogen and oxygen atoms in total. The fourth-order valence-corrected chi connectivity index (χ4v) is 5.06. The molecule has 6 rings (SSSR count). The van der Waals surface area contributed by atoms with Crippen LogP contribution in [-0.2, 0) is 9.59 Å². The number of carbonyl (C=O) groups is 3. The Kier molecular flexibility index (Phi) is 2.77. The molecule has 2 bridgehead atoms. The molecule has 1 aromatic rings. The largest absolute Gasteiger partial charge is 0.507 e. The SMILES string of the molecule is Cc1ccc(O)c(C(=O)NN2C(=O)C3C4C=CC(C5CC45)C3C2=O)c1. The van der Waals surface area contributed by atoms with Crippen molar-refractivity contribution in [3.63, 3.8) is 0 Å². The first-order valence-electron chi connectivity index (χ1n) is 8.64. The quantitative estimate of drug-likeness (QED) is 0.630. The summed E-state index contributed by atoms with van der Waals surface area (Å²) in [7, 11) is 0. The number of rotatable bonds is 2. The second-order valence-corrected chi connectivity index (χ2v) is 7.63. The van der Waals surface area contributed by atoms with E-state index in [1.807, 2.05) is 0 Å². The number of nitrogens with one attached hydrogen (secondary N) is 1. The van der Waals surface area contributed by atoms with E-state index >= 15 is 0 Å². The summed E-state index contributed by atoms with van der Waals surface area (Å²) < 4.78 is 0. The number of phenolic OH excluding ortho intramolecular Hbond substituents is 1. The third-order valence-corrected chi connectivity index (χ3v) is 6.27. The molecule has 0 spiro atoms. The molecule has 1 heterocycles. The lowest BCUT2D eigenvalue weighted by molar-refractivity contribution is -0.143. The highest BCUT2D eigenvalue weighted by atomic mass is 16.3. The molecule has 0 aromatic heterocycles. The van der Waals surface area contributed by atoms with Gasteiger partial charge in [0.2, 0.25) is 0 Å². The van der Waals surface area contributed by atoms with Crippen LogP contribution in [0.15, 0.2) is 30.4 Å². The highest BCUT2D eigenvalue weighted by molar-refractivity contribution is 6.09. The van der Waals surface area contributed by atoms with Crippen molar-refractivity contribution < 1.29 is 19.5 Å². The van der Waals surface area contributed by atoms with E-state index in [-0.39, 0.29) is 46.8 Å². The van der Waals surface area contributed by atoms with Crippen LogP contribution in [0.5, 0.6) is 5.75 Å². The van der Waals surface area contributed by atoms with Crippen molar-refractivity contribution in [2.45, 2.75) is 13.3 Å². The molecule has 2 saturated carbocycles. The standard InChI is InChI=1S/C19H18N2O4/c1-8-2-5-14(22)13(6-8)17(23)20-21-18(24)15-9-3-4-10(12-7-11(9)12)16(15)19(21)25/h2-6,9-12,15-16,22H,7H2,1H3,(H,20,23). The third kappa shape index (κ3) is 1.88. The molecule has 6 unspecified atom stereocenters. The van der Waals surface area contributed by atoms with Crippen LogP contribution in [0.2, 0.25) is 0 Å². The normalized spacial score (nSPS) is 37.1. The molecular weight excluding hydrogens is 320 g/mol. The van der Waals surface area contributed by atoms with Crippen LogP contribution in [0.3, 0.4) is 0 Å². The van der Waals surface area contributed by atoms with Crippen molar-refractivity contribution in [3.8, 4) is 5.75 Å². The predicted molar refractivity (Wildman–Crippen MR) is 86.9 cm³/mol. The number of carbonyl (C=O) groups excluding carboxylic acids is 3. The lowest BCUT2D eigenvalue weighted by atomic mass is 9.63. The zero-order valence-electron chi connectivity index (χ0n) is 13.7. The fraction of sp³-hybridized carbons (Fsp3) is 0.421. The zero-order valence-corrected chi connectivity index (χ0v) is 13.7. The lowest BCUT2D eigenvalue weighted by Crippen LogP contribution is -2.47. The van der Waals surface area contributed by atoms with Gasteiger partial charge in [-0.2, -0.15) is 5.01 Å². The number of benzene rings is 1. The first-order valence-corrected chi connectivity index (χ1v) is 8.64. The van der Waals surface area contributed by atoms with Crippen LogP contribution in [-0.4, -0.2) is 27.8 Å². The van der Waals surface area contributed by atoms with Crippen LogP contribution in [0, 0.1) is 42.4 Å². The number of aryl methyl sites for hydroxylation is 1. The minimum atomic E-state index is -0.646. The maximum atomic E-state index is 12.8. The smallest absolute Gasteiger partial charge is 0.274 e. The van der Waals surface area contributed by atoms with Gasteiger partial charge in [-0.25, -0.2) is 0 Å². The summed E-state index contributed by atoms with van der Waals surface area (Å²) in [6.45, 7) is 1.80. The Morgan fingerprint density at radius 1 is 1.12 bits per heavy atom. The average Bonchev–Trinajstić information content (AvgIpc) is 3.38. The average molecular weight is 338 g/mol. The van der Waals surface area contributed by atoms with E-state index in [4.69, 9.17) is 0 Å². The van der Waals surface area contributed by atoms with Gasteiger partial charge in [0.15, 0.2) is 0 Å². The van der Waals surface area contributed by atoms with E-state index in [0.717, 1.165) is 17.0 Å². The number of amides is 3. The molecule has 1 aromatic carbocycles. The van der Waals surface area contributed by atoms with E-state index in [2.05, 4.69) is 17.6 Å². The van der Waals surface area contributed by atoms with E-state index in [1.165, 1.54) is 12.1 Å². The van der Waals surface area contributed by atoms with Crippen LogP contribution >= 0.6 is 0 Å². The predicted octanol–water partition coefficient (Wildman–Crippen LogP) is 1.40. The molecule has 1 saturated heterocycles. The molecule has 4 aliphatic carbocycles. The highest BCUT2D eigenvalue weighted by Crippen LogP contribution is 2.65. The summed E-state index contributed by atoms with van der Waals surface area (Å²) in [5, 5.41) is 10.8. The van der Waals surface area contributed by atoms with Crippen molar-refractivity contribution in [1.82, 2.24) is 10.4 Å². The molecule has 1 aliphatic heterocycles. The molecular formula is C19H18N2O4. The summed E-state index contributed by atoms with van der Waals surface area (Å²) >= 11 is 0. The van der Waals surface area contributed by atoms with Gasteiger partial charge in [0.1, 0.15) is 5.75 Å². The van der Waals surface area contributed by atoms with Gasteiger partial charge in [0.25, 0.3) is 17.7 Å². The first kappa shape index (κ1) is 14.7. The number of hydrazine groups is 1. The molecule has 2 N–H and O–H groups in total. The van der Waals surface area contributed by atoms with Crippen molar-refractivity contribution in [2.24, 2.45) is 35.5 Å². The van der Waals surface area contributed by atoms with Crippen LogP contribution in [0.25, 0.3) is 0 Å². The fourth-order valence-electron chi connectivity index (χ4n) is 5.06. The van der Waals surface area contributed by atoms with Crippen LogP contribution in [0.1, 0.15) is 22.3 Å². The molecule has 0 radical (unpaired) electrons. The van der Waals surface area contributed by atoms with E-state index in [1.54, 1.807) is 13.0 Å². The van der Waals surface area contributed by atoms with Crippen molar-refractivity contribution in [3.05, 3.63) is 41.5 Å². The van der Waals surface area contributed by atoms with Crippen LogP contribution < -0.4 is 5.43 Å². The van der Waals surface area contributed by atoms with Gasteiger partial charge in [-0.05, 0) is 49.1 Å². The van der Waals surface area contributed by atoms with Gasteiger partial charge in [-0.3, -0.25) is 19.8 Å². The minimum absolute atomic E-state index is 0.0550. The monoisotopic (exact) mass is 338 g/mol. The zero-order chi connectivity index (χ0) is 17.5. The Balaban J connectivity index is 1.43. The Morgan fingerprint density at radius 2 is 1.72 bits per heavy atom. The molecule has 3 fully saturated rings. The lowest BCUT2D eigenvalue weighted by Gasteiger charge is -2.37. The number of hydrogen-bond donors (Lipinski definition) is 2. The Morgan fingerprint density at radius 3 is 2.32 bits per heavy atom. The van der Waals surface area contributed by atoms with Crippen molar-refractivity contribution in [1.29, 1.82) is 0 Å². The Bertz CT molecular complexity index is 825. The summed E-state index contributed by atoms with van der Waals surface area (Å²) in [5.41, 5.74) is 3.28. The summed E-state index contributed by atoms with van der Waals surface area (Å²) in [4.78, 5) is 38.1. The third-order valence-electron chi connectivity index (χ3n) is 6.27. The van der Waals surface area contributed by atoms with E-state index in [0.29, 0.717) is 11.8 Å². The number of aromatic hydroxyl groups is 1. The van der Waals surface area contributed by atoms with Gasteiger partial charge in [-0.1, -0.05) is 23.8 Å². The maximum absolute atomic E-state index is 12.8. The van der Waals surface area contributed by atoms with Crippen LogP contribution in [0.4, 0.5) is 0 Å². The molecule has 128 valence electrons. The topological polar surface area (TPSA) is 86.7 Å². The van der Waals surface area contributed by atoms with Crippen molar-refractivity contribution in [2.75, 3.05) is 0 Å². The van der Waals surface area contributed by atoms with Crippen molar-refractivity contribution >= 4 is 17.7 Å². The number of allylic oxidation sites excluding steroid dienone is 2. The number of hydrogen-bond acceptors (Lipinski definition) is 4. The Labute approximate surface area is 144 Å². The Hall–Kier alpha value is -2.63. The number of phenols is 1. The summed E-state index contributed by atoms with van der Waals surface area (Å²) in [6.07, 6.45) is 5.27. The minimum Gasteiger partial charge on any atom is -0.507 e. The van der Waals surface area contributed by atoms with Gasteiger partial charge in [0, 0.05) is 0 Å². The van der Waals surface area contributed by atoms with Gasteiger partial charge in [0.05, 0.1) is 17.4 Å². The number of nitrogens with zero attached hydrogens (tertiary/aromatic N) is 1. The molecule has 3 amide bonds. The van der Waals surface area contributed by atoms with Gasteiger partial charge < -0.3 is 5.11 Å². The first-order chi connectivity index (χ1) is 12.0. The van der Waals surface area contributed by atoms with E-state index in [9.17, 15) is 19.5 Å². The maximum Gasteiger partial charge on any atom is 0.274 e.